The highest BCUT2D eigenvalue weighted by molar-refractivity contribution is 6.31. The molecule has 0 saturated heterocycles. The second kappa shape index (κ2) is 7.36. The van der Waals surface area contributed by atoms with Crippen molar-refractivity contribution in [2.75, 3.05) is 0 Å². The first-order valence-electron chi connectivity index (χ1n) is 7.81. The number of carboxylic acids is 1. The standard InChI is InChI=1S/C20H16ClNO3/c21-17-11-4-2-7-14(17)12-18(20(24)25)22-19(23)16-10-5-8-13-6-1-3-9-15(13)16/h1-11,18H,12H2,(H,22,23)(H,24,25)/t18-/m0/s1. The number of nitrogens with one attached hydrogen (secondary N) is 1. The summed E-state index contributed by atoms with van der Waals surface area (Å²) in [6.45, 7) is 0. The van der Waals surface area contributed by atoms with Crippen LogP contribution in [0.4, 0.5) is 0 Å². The molecule has 0 fully saturated rings. The van der Waals surface area contributed by atoms with Gasteiger partial charge in [0.15, 0.2) is 0 Å². The Bertz CT molecular complexity index is 934. The lowest BCUT2D eigenvalue weighted by Crippen LogP contribution is -2.42. The minimum absolute atomic E-state index is 0.117. The molecule has 0 aliphatic carbocycles. The molecule has 3 rings (SSSR count). The van der Waals surface area contributed by atoms with E-state index in [4.69, 9.17) is 11.6 Å². The number of aliphatic carboxylic acids is 1. The van der Waals surface area contributed by atoms with Crippen molar-refractivity contribution in [3.8, 4) is 0 Å². The molecule has 0 aliphatic heterocycles. The molecule has 126 valence electrons. The van der Waals surface area contributed by atoms with Gasteiger partial charge in [-0.15, -0.1) is 0 Å². The molecule has 0 spiro atoms. The van der Waals surface area contributed by atoms with Gasteiger partial charge in [0.25, 0.3) is 5.91 Å². The third-order valence-corrected chi connectivity index (χ3v) is 4.39. The van der Waals surface area contributed by atoms with E-state index in [1.54, 1.807) is 36.4 Å². The molecular formula is C20H16ClNO3. The van der Waals surface area contributed by atoms with Gasteiger partial charge in [-0.05, 0) is 28.5 Å². The lowest BCUT2D eigenvalue weighted by molar-refractivity contribution is -0.139. The monoisotopic (exact) mass is 353 g/mol. The molecule has 0 aliphatic rings. The molecule has 0 heterocycles. The maximum atomic E-state index is 12.6. The van der Waals surface area contributed by atoms with Crippen LogP contribution in [0.25, 0.3) is 10.8 Å². The zero-order valence-electron chi connectivity index (χ0n) is 13.3. The fourth-order valence-electron chi connectivity index (χ4n) is 2.74. The Kier molecular flexibility index (Phi) is 5.00. The van der Waals surface area contributed by atoms with Crippen molar-refractivity contribution in [1.82, 2.24) is 5.32 Å². The van der Waals surface area contributed by atoms with E-state index in [0.717, 1.165) is 10.8 Å². The third kappa shape index (κ3) is 3.80. The maximum Gasteiger partial charge on any atom is 0.326 e. The van der Waals surface area contributed by atoms with Gasteiger partial charge in [0.1, 0.15) is 6.04 Å². The van der Waals surface area contributed by atoms with E-state index >= 15 is 0 Å². The molecule has 3 aromatic carbocycles. The van der Waals surface area contributed by atoms with E-state index in [1.165, 1.54) is 0 Å². The fourth-order valence-corrected chi connectivity index (χ4v) is 2.96. The van der Waals surface area contributed by atoms with Crippen molar-refractivity contribution in [1.29, 1.82) is 0 Å². The average Bonchev–Trinajstić information content (AvgIpc) is 2.62. The zero-order chi connectivity index (χ0) is 17.8. The second-order valence-corrected chi connectivity index (χ2v) is 6.09. The number of carbonyl (C=O) groups is 2. The van der Waals surface area contributed by atoms with Crippen LogP contribution in [0.2, 0.25) is 5.02 Å². The van der Waals surface area contributed by atoms with Crippen molar-refractivity contribution in [3.63, 3.8) is 0 Å². The minimum atomic E-state index is -1.10. The Hall–Kier alpha value is -2.85. The zero-order valence-corrected chi connectivity index (χ0v) is 14.0. The predicted molar refractivity (Wildman–Crippen MR) is 98.0 cm³/mol. The normalized spacial score (nSPS) is 11.9. The smallest absolute Gasteiger partial charge is 0.326 e. The van der Waals surface area contributed by atoms with Gasteiger partial charge in [-0.3, -0.25) is 4.79 Å². The highest BCUT2D eigenvalue weighted by Crippen LogP contribution is 2.20. The number of halogens is 1. The summed E-state index contributed by atoms with van der Waals surface area (Å²) in [6, 6.07) is 18.8. The van der Waals surface area contributed by atoms with E-state index in [-0.39, 0.29) is 6.42 Å². The van der Waals surface area contributed by atoms with E-state index in [1.807, 2.05) is 30.3 Å². The van der Waals surface area contributed by atoms with Gasteiger partial charge in [-0.25, -0.2) is 4.79 Å². The van der Waals surface area contributed by atoms with Crippen LogP contribution >= 0.6 is 11.6 Å². The first-order valence-corrected chi connectivity index (χ1v) is 8.19. The molecule has 1 amide bonds. The van der Waals surface area contributed by atoms with Gasteiger partial charge in [0.2, 0.25) is 0 Å². The molecule has 1 atom stereocenters. The first-order chi connectivity index (χ1) is 12.1. The van der Waals surface area contributed by atoms with Crippen LogP contribution in [0.1, 0.15) is 15.9 Å². The average molecular weight is 354 g/mol. The highest BCUT2D eigenvalue weighted by Gasteiger charge is 2.22. The Labute approximate surface area is 150 Å². The van der Waals surface area contributed by atoms with Crippen LogP contribution < -0.4 is 5.32 Å². The van der Waals surface area contributed by atoms with Crippen LogP contribution in [-0.2, 0) is 11.2 Å². The van der Waals surface area contributed by atoms with Gasteiger partial charge in [0, 0.05) is 17.0 Å². The van der Waals surface area contributed by atoms with E-state index in [2.05, 4.69) is 5.32 Å². The number of amides is 1. The largest absolute Gasteiger partial charge is 0.480 e. The summed E-state index contributed by atoms with van der Waals surface area (Å²) in [7, 11) is 0. The van der Waals surface area contributed by atoms with Gasteiger partial charge >= 0.3 is 5.97 Å². The molecule has 25 heavy (non-hydrogen) atoms. The van der Waals surface area contributed by atoms with E-state index in [9.17, 15) is 14.7 Å². The van der Waals surface area contributed by atoms with Crippen LogP contribution in [0.15, 0.2) is 66.7 Å². The summed E-state index contributed by atoms with van der Waals surface area (Å²) in [5, 5.41) is 14.3. The molecule has 0 bridgehead atoms. The lowest BCUT2D eigenvalue weighted by atomic mass is 10.0. The lowest BCUT2D eigenvalue weighted by Gasteiger charge is -2.16. The Balaban J connectivity index is 1.86. The predicted octanol–water partition coefficient (Wildman–Crippen LogP) is 3.92. The molecule has 4 nitrogen and oxygen atoms in total. The minimum Gasteiger partial charge on any atom is -0.480 e. The van der Waals surface area contributed by atoms with Crippen LogP contribution in [-0.4, -0.2) is 23.0 Å². The summed E-state index contributed by atoms with van der Waals surface area (Å²) in [5.41, 5.74) is 1.12. The van der Waals surface area contributed by atoms with Gasteiger partial charge in [0.05, 0.1) is 0 Å². The number of carbonyl (C=O) groups excluding carboxylic acids is 1. The molecule has 2 N–H and O–H groups in total. The van der Waals surface area contributed by atoms with Crippen molar-refractivity contribution in [2.45, 2.75) is 12.5 Å². The van der Waals surface area contributed by atoms with Crippen LogP contribution in [0, 0.1) is 0 Å². The number of carboxylic acid groups (broad SMARTS) is 1. The summed E-state index contributed by atoms with van der Waals surface area (Å²) in [5.74, 6) is -1.52. The molecular weight excluding hydrogens is 338 g/mol. The summed E-state index contributed by atoms with van der Waals surface area (Å²) < 4.78 is 0. The maximum absolute atomic E-state index is 12.6. The van der Waals surface area contributed by atoms with Crippen LogP contribution in [0.5, 0.6) is 0 Å². The topological polar surface area (TPSA) is 66.4 Å². The molecule has 0 saturated carbocycles. The van der Waals surface area contributed by atoms with Crippen molar-refractivity contribution in [2.24, 2.45) is 0 Å². The number of benzene rings is 3. The third-order valence-electron chi connectivity index (χ3n) is 4.02. The van der Waals surface area contributed by atoms with Gasteiger partial charge in [-0.1, -0.05) is 66.2 Å². The highest BCUT2D eigenvalue weighted by atomic mass is 35.5. The van der Waals surface area contributed by atoms with Crippen molar-refractivity contribution >= 4 is 34.2 Å². The Morgan fingerprint density at radius 3 is 2.40 bits per heavy atom. The Morgan fingerprint density at radius 1 is 0.960 bits per heavy atom. The molecule has 0 aromatic heterocycles. The van der Waals surface area contributed by atoms with Crippen molar-refractivity contribution < 1.29 is 14.7 Å². The molecule has 3 aromatic rings. The fraction of sp³-hybridized carbons (Fsp3) is 0.100. The Morgan fingerprint density at radius 2 is 1.64 bits per heavy atom. The van der Waals surface area contributed by atoms with E-state index < -0.39 is 17.9 Å². The number of hydrogen-bond acceptors (Lipinski definition) is 2. The second-order valence-electron chi connectivity index (χ2n) is 5.69. The van der Waals surface area contributed by atoms with Crippen LogP contribution in [0.3, 0.4) is 0 Å². The SMILES string of the molecule is O=C(N[C@@H](Cc1ccccc1Cl)C(=O)O)c1cccc2ccccc12. The summed E-state index contributed by atoms with van der Waals surface area (Å²) >= 11 is 6.10. The number of hydrogen-bond donors (Lipinski definition) is 2. The number of rotatable bonds is 5. The summed E-state index contributed by atoms with van der Waals surface area (Å²) in [4.78, 5) is 24.2. The van der Waals surface area contributed by atoms with Gasteiger partial charge < -0.3 is 10.4 Å². The summed E-state index contributed by atoms with van der Waals surface area (Å²) in [6.07, 6.45) is 0.117. The number of fused-ring (bicyclic) bond motifs is 1. The van der Waals surface area contributed by atoms with E-state index in [0.29, 0.717) is 16.1 Å². The molecule has 0 unspecified atom stereocenters. The quantitative estimate of drug-likeness (QED) is 0.730. The first kappa shape index (κ1) is 17.0. The molecule has 5 heteroatoms. The van der Waals surface area contributed by atoms with Gasteiger partial charge in [-0.2, -0.15) is 0 Å². The van der Waals surface area contributed by atoms with Crippen molar-refractivity contribution in [3.05, 3.63) is 82.9 Å². The molecule has 0 radical (unpaired) electrons.